The van der Waals surface area contributed by atoms with Crippen molar-refractivity contribution >= 4 is 28.5 Å². The standard InChI is InChI=1S/C24H42N6O7S/c1-15(2)36-21(22(25-6)26-12-17(4)35-9)18(5)38(31,32)29-24-28-27-23(20-11-10-16(3)37-20)30(24)19(13-33-7)14-34-8/h12,15-16,18-21H,6,10-11,13-14H2,1-5,7-9H3,(H,28,29)/b17-12+,26-22-/t16-,18-,20-,21+/m0/s1. The molecule has 1 aliphatic rings. The van der Waals surface area contributed by atoms with Gasteiger partial charge in [0.25, 0.3) is 0 Å². The summed E-state index contributed by atoms with van der Waals surface area (Å²) in [7, 11) is 0.516. The van der Waals surface area contributed by atoms with Crippen molar-refractivity contribution in [2.24, 2.45) is 9.98 Å². The number of hydrogen-bond donors (Lipinski definition) is 1. The lowest BCUT2D eigenvalue weighted by atomic mass is 10.2. The topological polar surface area (TPSA) is 148 Å². The van der Waals surface area contributed by atoms with Gasteiger partial charge in [0.1, 0.15) is 23.2 Å². The average molecular weight is 559 g/mol. The second kappa shape index (κ2) is 14.7. The molecule has 1 saturated heterocycles. The predicted molar refractivity (Wildman–Crippen MR) is 145 cm³/mol. The summed E-state index contributed by atoms with van der Waals surface area (Å²) in [6.07, 6.45) is 1.40. The number of methoxy groups -OCH3 is 3. The fourth-order valence-electron chi connectivity index (χ4n) is 4.00. The van der Waals surface area contributed by atoms with E-state index in [1.165, 1.54) is 20.2 Å². The van der Waals surface area contributed by atoms with E-state index in [0.717, 1.165) is 12.8 Å². The molecule has 0 aliphatic carbocycles. The van der Waals surface area contributed by atoms with Gasteiger partial charge in [-0.05, 0) is 54.2 Å². The van der Waals surface area contributed by atoms with Crippen molar-refractivity contribution in [3.63, 3.8) is 0 Å². The molecule has 2 rings (SSSR count). The van der Waals surface area contributed by atoms with E-state index in [1.54, 1.807) is 39.6 Å². The van der Waals surface area contributed by atoms with E-state index in [-0.39, 0.29) is 43.3 Å². The Morgan fingerprint density at radius 1 is 1.21 bits per heavy atom. The first-order valence-corrected chi connectivity index (χ1v) is 14.0. The summed E-state index contributed by atoms with van der Waals surface area (Å²) in [5.41, 5.74) is 0. The van der Waals surface area contributed by atoms with E-state index < -0.39 is 27.4 Å². The largest absolute Gasteiger partial charge is 0.500 e. The van der Waals surface area contributed by atoms with Crippen LogP contribution in [0.25, 0.3) is 0 Å². The first kappa shape index (κ1) is 31.8. The summed E-state index contributed by atoms with van der Waals surface area (Å²) < 4.78 is 59.5. The van der Waals surface area contributed by atoms with Crippen molar-refractivity contribution in [1.29, 1.82) is 0 Å². The molecule has 1 fully saturated rings. The highest BCUT2D eigenvalue weighted by Gasteiger charge is 2.37. The minimum Gasteiger partial charge on any atom is -0.500 e. The Hall–Kier alpha value is -2.39. The van der Waals surface area contributed by atoms with Gasteiger partial charge >= 0.3 is 0 Å². The van der Waals surface area contributed by atoms with Gasteiger partial charge < -0.3 is 23.7 Å². The van der Waals surface area contributed by atoms with Crippen molar-refractivity contribution in [1.82, 2.24) is 14.8 Å². The molecule has 1 aromatic rings. The summed E-state index contributed by atoms with van der Waals surface area (Å²) >= 11 is 0. The van der Waals surface area contributed by atoms with Crippen LogP contribution in [0.15, 0.2) is 21.9 Å². The fraction of sp³-hybridized carbons (Fsp3) is 0.750. The molecule has 0 aromatic carbocycles. The van der Waals surface area contributed by atoms with Crippen molar-refractivity contribution in [2.75, 3.05) is 39.3 Å². The van der Waals surface area contributed by atoms with E-state index in [9.17, 15) is 8.42 Å². The van der Waals surface area contributed by atoms with Crippen molar-refractivity contribution < 1.29 is 32.1 Å². The number of aromatic nitrogens is 3. The lowest BCUT2D eigenvalue weighted by Crippen LogP contribution is -2.43. The van der Waals surface area contributed by atoms with E-state index >= 15 is 0 Å². The Morgan fingerprint density at radius 2 is 1.87 bits per heavy atom. The number of sulfonamides is 1. The molecular formula is C24H42N6O7S. The van der Waals surface area contributed by atoms with Gasteiger partial charge in [-0.3, -0.25) is 9.29 Å². The molecule has 0 saturated carbocycles. The summed E-state index contributed by atoms with van der Waals surface area (Å²) in [6.45, 7) is 12.8. The molecule has 0 unspecified atom stereocenters. The van der Waals surface area contributed by atoms with Crippen molar-refractivity contribution in [2.45, 2.75) is 83.2 Å². The number of ether oxygens (including phenoxy) is 5. The summed E-state index contributed by atoms with van der Waals surface area (Å²) in [4.78, 5) is 8.21. The highest BCUT2D eigenvalue weighted by Crippen LogP contribution is 2.34. The Balaban J connectivity index is 2.50. The quantitative estimate of drug-likeness (QED) is 0.195. The molecular weight excluding hydrogens is 516 g/mol. The highest BCUT2D eigenvalue weighted by atomic mass is 32.2. The number of hydrogen-bond acceptors (Lipinski definition) is 10. The Labute approximate surface area is 225 Å². The molecule has 0 radical (unpaired) electrons. The van der Waals surface area contributed by atoms with Gasteiger partial charge in [0, 0.05) is 14.2 Å². The maximum absolute atomic E-state index is 13.7. The van der Waals surface area contributed by atoms with Gasteiger partial charge in [-0.25, -0.2) is 18.4 Å². The highest BCUT2D eigenvalue weighted by molar-refractivity contribution is 7.93. The molecule has 0 amide bonds. The SMILES string of the molecule is C=N/C(=N\C=C(/C)OC)[C@H](OC(C)C)[C@H](C)S(=O)(=O)Nc1nnc([C@@H]2CC[C@H](C)O2)n1C(COC)COC. The van der Waals surface area contributed by atoms with Crippen LogP contribution in [0, 0.1) is 0 Å². The minimum absolute atomic E-state index is 0.0255. The van der Waals surface area contributed by atoms with E-state index in [2.05, 4.69) is 31.6 Å². The number of allylic oxidation sites excluding steroid dienone is 1. The minimum atomic E-state index is -4.11. The summed E-state index contributed by atoms with van der Waals surface area (Å²) in [6, 6.07) is -0.403. The van der Waals surface area contributed by atoms with Crippen LogP contribution in [0.4, 0.5) is 5.95 Å². The smallest absolute Gasteiger partial charge is 0.240 e. The predicted octanol–water partition coefficient (Wildman–Crippen LogP) is 2.88. The summed E-state index contributed by atoms with van der Waals surface area (Å²) in [5, 5.41) is 7.37. The van der Waals surface area contributed by atoms with Crippen LogP contribution in [0.5, 0.6) is 0 Å². The van der Waals surface area contributed by atoms with Crippen LogP contribution in [-0.4, -0.2) is 93.8 Å². The van der Waals surface area contributed by atoms with Gasteiger partial charge in [-0.2, -0.15) is 0 Å². The normalized spacial score (nSPS) is 20.7. The summed E-state index contributed by atoms with van der Waals surface area (Å²) in [5.74, 6) is 1.14. The van der Waals surface area contributed by atoms with Gasteiger partial charge in [-0.15, -0.1) is 10.2 Å². The number of aliphatic imine (C=N–C) groups is 2. The molecule has 216 valence electrons. The molecule has 0 spiro atoms. The number of nitrogens with zero attached hydrogens (tertiary/aromatic N) is 5. The molecule has 1 N–H and O–H groups in total. The zero-order chi connectivity index (χ0) is 28.5. The maximum Gasteiger partial charge on any atom is 0.240 e. The zero-order valence-corrected chi connectivity index (χ0v) is 24.4. The van der Waals surface area contributed by atoms with Crippen LogP contribution in [-0.2, 0) is 33.7 Å². The molecule has 1 aromatic heterocycles. The van der Waals surface area contributed by atoms with Crippen LogP contribution >= 0.6 is 0 Å². The zero-order valence-electron chi connectivity index (χ0n) is 23.6. The van der Waals surface area contributed by atoms with Crippen LogP contribution in [0.3, 0.4) is 0 Å². The first-order chi connectivity index (χ1) is 18.0. The number of amidine groups is 1. The number of nitrogens with one attached hydrogen (secondary N) is 1. The van der Waals surface area contributed by atoms with Crippen LogP contribution in [0.1, 0.15) is 65.4 Å². The Bertz CT molecular complexity index is 1070. The molecule has 1 aliphatic heterocycles. The molecule has 38 heavy (non-hydrogen) atoms. The Kier molecular flexibility index (Phi) is 12.3. The lowest BCUT2D eigenvalue weighted by Gasteiger charge is -2.27. The molecule has 14 heteroatoms. The van der Waals surface area contributed by atoms with E-state index in [0.29, 0.717) is 11.6 Å². The number of rotatable bonds is 15. The lowest BCUT2D eigenvalue weighted by molar-refractivity contribution is 0.0405. The third kappa shape index (κ3) is 8.30. The van der Waals surface area contributed by atoms with Gasteiger partial charge in [0.2, 0.25) is 16.0 Å². The second-order valence-electron chi connectivity index (χ2n) is 9.38. The monoisotopic (exact) mass is 558 g/mol. The molecule has 4 atom stereocenters. The Morgan fingerprint density at radius 3 is 2.37 bits per heavy atom. The van der Waals surface area contributed by atoms with Crippen LogP contribution < -0.4 is 4.72 Å². The average Bonchev–Trinajstić information content (AvgIpc) is 3.48. The van der Waals surface area contributed by atoms with Gasteiger partial charge in [0.05, 0.1) is 44.8 Å². The first-order valence-electron chi connectivity index (χ1n) is 12.5. The number of anilines is 1. The van der Waals surface area contributed by atoms with E-state index in [1.807, 2.05) is 6.92 Å². The molecule has 2 heterocycles. The second-order valence-corrected chi connectivity index (χ2v) is 11.4. The van der Waals surface area contributed by atoms with Gasteiger partial charge in [0.15, 0.2) is 11.7 Å². The van der Waals surface area contributed by atoms with Gasteiger partial charge in [-0.1, -0.05) is 0 Å². The van der Waals surface area contributed by atoms with Crippen molar-refractivity contribution in [3.8, 4) is 0 Å². The van der Waals surface area contributed by atoms with Crippen molar-refractivity contribution in [3.05, 3.63) is 17.8 Å². The third-order valence-electron chi connectivity index (χ3n) is 6.01. The van der Waals surface area contributed by atoms with Crippen LogP contribution in [0.2, 0.25) is 0 Å². The van der Waals surface area contributed by atoms with E-state index in [4.69, 9.17) is 23.7 Å². The molecule has 0 bridgehead atoms. The third-order valence-corrected chi connectivity index (χ3v) is 7.70. The fourth-order valence-corrected chi connectivity index (χ4v) is 5.09. The molecule has 13 nitrogen and oxygen atoms in total. The maximum atomic E-state index is 13.7.